The number of rotatable bonds is 9. The molecule has 2 aromatic carbocycles. The molecule has 1 N–H and O–H groups in total. The lowest BCUT2D eigenvalue weighted by Crippen LogP contribution is -2.38. The van der Waals surface area contributed by atoms with Crippen LogP contribution in [-0.2, 0) is 9.59 Å². The number of carbonyl (C=O) groups is 2. The lowest BCUT2D eigenvalue weighted by atomic mass is 9.95. The average Bonchev–Trinajstić information content (AvgIpc) is 3.06. The first-order valence-corrected chi connectivity index (χ1v) is 11.4. The van der Waals surface area contributed by atoms with Crippen LogP contribution in [0.15, 0.2) is 48.0 Å². The van der Waals surface area contributed by atoms with Crippen molar-refractivity contribution in [2.45, 2.75) is 26.8 Å². The second-order valence-corrected chi connectivity index (χ2v) is 8.03. The van der Waals surface area contributed by atoms with Crippen LogP contribution in [0.5, 0.6) is 5.75 Å². The van der Waals surface area contributed by atoms with E-state index in [1.807, 2.05) is 20.8 Å². The van der Waals surface area contributed by atoms with E-state index in [4.69, 9.17) is 16.3 Å². The number of nitrogens with zero attached hydrogens (tertiary/aromatic N) is 2. The van der Waals surface area contributed by atoms with E-state index < -0.39 is 29.3 Å². The highest BCUT2D eigenvalue weighted by Gasteiger charge is 2.46. The summed E-state index contributed by atoms with van der Waals surface area (Å²) in [5.74, 6) is -2.16. The molecule has 1 aliphatic heterocycles. The first-order valence-electron chi connectivity index (χ1n) is 11.0. The minimum atomic E-state index is -1.05. The van der Waals surface area contributed by atoms with E-state index in [0.29, 0.717) is 18.9 Å². The van der Waals surface area contributed by atoms with Crippen molar-refractivity contribution in [1.29, 1.82) is 0 Å². The van der Waals surface area contributed by atoms with E-state index >= 15 is 0 Å². The van der Waals surface area contributed by atoms with Gasteiger partial charge in [-0.15, -0.1) is 0 Å². The Labute approximate surface area is 198 Å². The van der Waals surface area contributed by atoms with Gasteiger partial charge in [-0.25, -0.2) is 4.39 Å². The van der Waals surface area contributed by atoms with Gasteiger partial charge in [-0.3, -0.25) is 9.59 Å². The highest BCUT2D eigenvalue weighted by atomic mass is 35.5. The predicted octanol–water partition coefficient (Wildman–Crippen LogP) is 4.64. The fourth-order valence-corrected chi connectivity index (χ4v) is 4.23. The number of benzene rings is 2. The quantitative estimate of drug-likeness (QED) is 0.325. The lowest BCUT2D eigenvalue weighted by molar-refractivity contribution is -0.140. The summed E-state index contributed by atoms with van der Waals surface area (Å²) < 4.78 is 20.3. The second kappa shape index (κ2) is 10.8. The number of aliphatic hydroxyl groups excluding tert-OH is 1. The Bertz CT molecular complexity index is 1070. The molecule has 8 heteroatoms. The molecule has 1 saturated heterocycles. The van der Waals surface area contributed by atoms with Crippen LogP contribution in [0.25, 0.3) is 5.76 Å². The molecule has 0 bridgehead atoms. The maximum atomic E-state index is 14.8. The maximum absolute atomic E-state index is 14.8. The van der Waals surface area contributed by atoms with Crippen molar-refractivity contribution in [3.63, 3.8) is 0 Å². The largest absolute Gasteiger partial charge is 0.507 e. The number of likely N-dealkylation sites (N-methyl/N-ethyl adjacent to an activating group) is 1. The third-order valence-electron chi connectivity index (χ3n) is 5.80. The number of hydrogen-bond donors (Lipinski definition) is 1. The number of hydrogen-bond acceptors (Lipinski definition) is 5. The molecule has 1 heterocycles. The van der Waals surface area contributed by atoms with Crippen LogP contribution in [0.1, 0.15) is 37.9 Å². The third-order valence-corrected chi connectivity index (χ3v) is 6.09. The molecule has 1 atom stereocenters. The van der Waals surface area contributed by atoms with Gasteiger partial charge in [0.15, 0.2) is 0 Å². The minimum absolute atomic E-state index is 0.148. The smallest absolute Gasteiger partial charge is 0.295 e. The monoisotopic (exact) mass is 474 g/mol. The van der Waals surface area contributed by atoms with Crippen molar-refractivity contribution in [2.24, 2.45) is 0 Å². The molecule has 0 aromatic heterocycles. The van der Waals surface area contributed by atoms with Gasteiger partial charge in [0.2, 0.25) is 0 Å². The van der Waals surface area contributed by atoms with Gasteiger partial charge in [0, 0.05) is 24.2 Å². The predicted molar refractivity (Wildman–Crippen MR) is 126 cm³/mol. The molecular formula is C25H28ClFN2O4. The van der Waals surface area contributed by atoms with Crippen LogP contribution in [0.3, 0.4) is 0 Å². The Morgan fingerprint density at radius 2 is 1.85 bits per heavy atom. The van der Waals surface area contributed by atoms with E-state index in [0.717, 1.165) is 13.1 Å². The van der Waals surface area contributed by atoms with E-state index in [1.165, 1.54) is 29.2 Å². The number of ketones is 1. The highest BCUT2D eigenvalue weighted by molar-refractivity contribution is 6.46. The molecule has 1 unspecified atom stereocenters. The standard InChI is InChI=1S/C25H28ClFN2O4/c1-4-28(5-2)13-14-29-22(17-9-7-8-10-19(17)27)21(24(31)25(29)32)23(30)16-11-12-20(33-6-3)18(26)15-16/h7-12,15,22,30H,4-6,13-14H2,1-3H3. The summed E-state index contributed by atoms with van der Waals surface area (Å²) in [6, 6.07) is 9.51. The normalized spacial score (nSPS) is 17.8. The Kier molecular flexibility index (Phi) is 8.10. The van der Waals surface area contributed by atoms with Crippen LogP contribution in [-0.4, -0.2) is 59.4 Å². The number of amides is 1. The SMILES string of the molecule is CCOc1ccc(C(O)=C2C(=O)C(=O)N(CCN(CC)CC)C2c2ccccc2F)cc1Cl. The van der Waals surface area contributed by atoms with Crippen LogP contribution >= 0.6 is 11.6 Å². The fourth-order valence-electron chi connectivity index (χ4n) is 4.00. The average molecular weight is 475 g/mol. The fraction of sp³-hybridized carbons (Fsp3) is 0.360. The highest BCUT2D eigenvalue weighted by Crippen LogP contribution is 2.41. The summed E-state index contributed by atoms with van der Waals surface area (Å²) in [7, 11) is 0. The molecule has 0 saturated carbocycles. The Morgan fingerprint density at radius 1 is 1.15 bits per heavy atom. The molecule has 1 amide bonds. The number of likely N-dealkylation sites (tertiary alicyclic amines) is 1. The number of halogens is 2. The molecule has 3 rings (SSSR count). The summed E-state index contributed by atoms with van der Waals surface area (Å²) in [6.07, 6.45) is 0. The molecule has 0 aliphatic carbocycles. The first-order chi connectivity index (χ1) is 15.8. The molecule has 6 nitrogen and oxygen atoms in total. The number of carbonyl (C=O) groups excluding carboxylic acids is 2. The van der Waals surface area contributed by atoms with Crippen LogP contribution < -0.4 is 4.74 Å². The van der Waals surface area contributed by atoms with Crippen molar-refractivity contribution < 1.29 is 23.8 Å². The van der Waals surface area contributed by atoms with Gasteiger partial charge < -0.3 is 19.6 Å². The molecule has 1 fully saturated rings. The third kappa shape index (κ3) is 5.04. The Balaban J connectivity index is 2.11. The van der Waals surface area contributed by atoms with E-state index in [1.54, 1.807) is 18.2 Å². The molecule has 2 aromatic rings. The minimum Gasteiger partial charge on any atom is -0.507 e. The van der Waals surface area contributed by atoms with Crippen molar-refractivity contribution in [3.05, 3.63) is 70.0 Å². The molecule has 0 spiro atoms. The zero-order chi connectivity index (χ0) is 24.1. The van der Waals surface area contributed by atoms with Gasteiger partial charge in [-0.1, -0.05) is 43.6 Å². The summed E-state index contributed by atoms with van der Waals surface area (Å²) in [6.45, 7) is 8.51. The zero-order valence-electron chi connectivity index (χ0n) is 19.0. The number of aliphatic hydroxyl groups is 1. The van der Waals surface area contributed by atoms with Crippen molar-refractivity contribution in [1.82, 2.24) is 9.80 Å². The summed E-state index contributed by atoms with van der Waals surface area (Å²) in [4.78, 5) is 29.5. The van der Waals surface area contributed by atoms with Crippen molar-refractivity contribution >= 4 is 29.1 Å². The molecule has 1 aliphatic rings. The Hall–Kier alpha value is -2.90. The molecule has 176 valence electrons. The lowest BCUT2D eigenvalue weighted by Gasteiger charge is -2.28. The van der Waals surface area contributed by atoms with Crippen molar-refractivity contribution in [3.8, 4) is 5.75 Å². The van der Waals surface area contributed by atoms with Gasteiger partial charge in [0.1, 0.15) is 17.3 Å². The second-order valence-electron chi connectivity index (χ2n) is 7.62. The first kappa shape index (κ1) is 24.7. The van der Waals surface area contributed by atoms with Gasteiger partial charge >= 0.3 is 0 Å². The Morgan fingerprint density at radius 3 is 2.45 bits per heavy atom. The van der Waals surface area contributed by atoms with Crippen LogP contribution in [0.4, 0.5) is 4.39 Å². The van der Waals surface area contributed by atoms with Gasteiger partial charge in [-0.05, 0) is 44.3 Å². The molecule has 33 heavy (non-hydrogen) atoms. The summed E-state index contributed by atoms with van der Waals surface area (Å²) in [5, 5.41) is 11.4. The van der Waals surface area contributed by atoms with Crippen LogP contribution in [0, 0.1) is 5.82 Å². The number of Topliss-reactive ketones (excluding diaryl/α,β-unsaturated/α-hetero) is 1. The van der Waals surface area contributed by atoms with E-state index in [9.17, 15) is 19.1 Å². The summed E-state index contributed by atoms with van der Waals surface area (Å²) >= 11 is 6.26. The van der Waals surface area contributed by atoms with Gasteiger partial charge in [-0.2, -0.15) is 0 Å². The molecule has 0 radical (unpaired) electrons. The van der Waals surface area contributed by atoms with Crippen LogP contribution in [0.2, 0.25) is 5.02 Å². The zero-order valence-corrected chi connectivity index (χ0v) is 19.7. The van der Waals surface area contributed by atoms with Gasteiger partial charge in [0.25, 0.3) is 11.7 Å². The number of ether oxygens (including phenoxy) is 1. The topological polar surface area (TPSA) is 70.1 Å². The molecular weight excluding hydrogens is 447 g/mol. The maximum Gasteiger partial charge on any atom is 0.295 e. The summed E-state index contributed by atoms with van der Waals surface area (Å²) in [5.41, 5.74) is 0.228. The van der Waals surface area contributed by atoms with E-state index in [2.05, 4.69) is 4.90 Å². The van der Waals surface area contributed by atoms with E-state index in [-0.39, 0.29) is 28.3 Å². The van der Waals surface area contributed by atoms with Gasteiger partial charge in [0.05, 0.1) is 23.2 Å². The van der Waals surface area contributed by atoms with Crippen molar-refractivity contribution in [2.75, 3.05) is 32.8 Å².